The molecule has 0 radical (unpaired) electrons. The van der Waals surface area contributed by atoms with Crippen LogP contribution in [0.3, 0.4) is 0 Å². The van der Waals surface area contributed by atoms with Crippen LogP contribution in [0, 0.1) is 0 Å². The van der Waals surface area contributed by atoms with E-state index in [2.05, 4.69) is 73.6 Å². The van der Waals surface area contributed by atoms with E-state index in [9.17, 15) is 0 Å². The Labute approximate surface area is 183 Å². The first-order valence-corrected chi connectivity index (χ1v) is 10.9. The molecule has 0 spiro atoms. The normalized spacial score (nSPS) is 11.9. The standard InChI is InChI=1S/C27H27ClN2/c1-3-20-10-13-27-25(17-20)24(18-30-27)14-15-29-19(2)22-11-8-21(9-12-22)16-23-6-4-5-7-26(23)28/h4-13,17-18,30H,3,14-16H2,1-2H3. The summed E-state index contributed by atoms with van der Waals surface area (Å²) < 4.78 is 0. The van der Waals surface area contributed by atoms with E-state index in [1.54, 1.807) is 0 Å². The van der Waals surface area contributed by atoms with Crippen LogP contribution in [0.15, 0.2) is 77.9 Å². The molecule has 0 aliphatic rings. The molecule has 0 saturated heterocycles. The van der Waals surface area contributed by atoms with Gasteiger partial charge in [-0.3, -0.25) is 4.99 Å². The summed E-state index contributed by atoms with van der Waals surface area (Å²) in [4.78, 5) is 8.21. The van der Waals surface area contributed by atoms with Crippen molar-refractivity contribution in [1.82, 2.24) is 4.98 Å². The molecule has 0 amide bonds. The summed E-state index contributed by atoms with van der Waals surface area (Å²) in [5.41, 5.74) is 8.58. The van der Waals surface area contributed by atoms with Gasteiger partial charge in [0.1, 0.15) is 0 Å². The van der Waals surface area contributed by atoms with Crippen molar-refractivity contribution < 1.29 is 0 Å². The number of halogens is 1. The maximum atomic E-state index is 6.29. The number of benzene rings is 3. The molecule has 1 heterocycles. The first-order valence-electron chi connectivity index (χ1n) is 10.6. The minimum atomic E-state index is 0.788. The Bertz CT molecular complexity index is 1170. The highest BCUT2D eigenvalue weighted by atomic mass is 35.5. The van der Waals surface area contributed by atoms with Gasteiger partial charge in [0.25, 0.3) is 0 Å². The summed E-state index contributed by atoms with van der Waals surface area (Å²) >= 11 is 6.29. The number of hydrogen-bond acceptors (Lipinski definition) is 1. The Morgan fingerprint density at radius 1 is 0.933 bits per heavy atom. The largest absolute Gasteiger partial charge is 0.361 e. The molecule has 0 atom stereocenters. The third-order valence-electron chi connectivity index (χ3n) is 5.69. The summed E-state index contributed by atoms with van der Waals surface area (Å²) in [5.74, 6) is 0. The molecule has 1 aromatic heterocycles. The van der Waals surface area contributed by atoms with Crippen LogP contribution in [0.2, 0.25) is 5.02 Å². The van der Waals surface area contributed by atoms with Crippen molar-refractivity contribution in [1.29, 1.82) is 0 Å². The number of aliphatic imine (C=N–C) groups is 1. The molecule has 4 aromatic rings. The zero-order valence-corrected chi connectivity index (χ0v) is 18.3. The SMILES string of the molecule is CCc1ccc2[nH]cc(CCN=C(C)c3ccc(Cc4ccccc4Cl)cc3)c2c1. The van der Waals surface area contributed by atoms with E-state index < -0.39 is 0 Å². The highest BCUT2D eigenvalue weighted by Gasteiger charge is 2.05. The fraction of sp³-hybridized carbons (Fsp3) is 0.222. The van der Waals surface area contributed by atoms with Gasteiger partial charge in [-0.1, -0.05) is 67.1 Å². The zero-order valence-electron chi connectivity index (χ0n) is 17.6. The van der Waals surface area contributed by atoms with E-state index in [1.807, 2.05) is 18.2 Å². The van der Waals surface area contributed by atoms with E-state index in [4.69, 9.17) is 16.6 Å². The highest BCUT2D eigenvalue weighted by Crippen LogP contribution is 2.21. The van der Waals surface area contributed by atoms with Crippen LogP contribution in [0.5, 0.6) is 0 Å². The lowest BCUT2D eigenvalue weighted by molar-refractivity contribution is 0.974. The summed E-state index contributed by atoms with van der Waals surface area (Å²) in [6.45, 7) is 5.07. The van der Waals surface area contributed by atoms with Gasteiger partial charge in [-0.2, -0.15) is 0 Å². The van der Waals surface area contributed by atoms with Crippen LogP contribution in [-0.4, -0.2) is 17.2 Å². The molecule has 4 rings (SSSR count). The summed E-state index contributed by atoms with van der Waals surface area (Å²) in [6, 6.07) is 23.3. The first-order chi connectivity index (χ1) is 14.6. The third kappa shape index (κ3) is 4.66. The molecule has 3 aromatic carbocycles. The molecule has 152 valence electrons. The smallest absolute Gasteiger partial charge is 0.0456 e. The second-order valence-corrected chi connectivity index (χ2v) is 8.14. The van der Waals surface area contributed by atoms with Crippen molar-refractivity contribution in [2.75, 3.05) is 6.54 Å². The molecule has 3 heteroatoms. The van der Waals surface area contributed by atoms with Gasteiger partial charge >= 0.3 is 0 Å². The second kappa shape index (κ2) is 9.32. The lowest BCUT2D eigenvalue weighted by Gasteiger charge is -2.06. The molecule has 0 bridgehead atoms. The van der Waals surface area contributed by atoms with E-state index in [-0.39, 0.29) is 0 Å². The zero-order chi connectivity index (χ0) is 20.9. The van der Waals surface area contributed by atoms with Gasteiger partial charge in [0.2, 0.25) is 0 Å². The Balaban J connectivity index is 1.41. The number of aromatic amines is 1. The van der Waals surface area contributed by atoms with Crippen molar-refractivity contribution in [3.8, 4) is 0 Å². The fourth-order valence-electron chi connectivity index (χ4n) is 3.81. The summed E-state index contributed by atoms with van der Waals surface area (Å²) in [6.07, 6.45) is 4.97. The molecule has 0 fully saturated rings. The number of hydrogen-bond donors (Lipinski definition) is 1. The molecule has 30 heavy (non-hydrogen) atoms. The molecular formula is C27H27ClN2. The summed E-state index contributed by atoms with van der Waals surface area (Å²) in [7, 11) is 0. The average molecular weight is 415 g/mol. The van der Waals surface area contributed by atoms with Crippen molar-refractivity contribution in [3.05, 3.63) is 106 Å². The van der Waals surface area contributed by atoms with Gasteiger partial charge in [0.05, 0.1) is 0 Å². The average Bonchev–Trinajstić information content (AvgIpc) is 3.18. The number of rotatable bonds is 7. The van der Waals surface area contributed by atoms with Crippen LogP contribution in [0.4, 0.5) is 0 Å². The maximum absolute atomic E-state index is 6.29. The second-order valence-electron chi connectivity index (χ2n) is 7.73. The number of nitrogens with one attached hydrogen (secondary N) is 1. The number of H-pyrrole nitrogens is 1. The topological polar surface area (TPSA) is 28.1 Å². The van der Waals surface area contributed by atoms with E-state index in [0.29, 0.717) is 0 Å². The molecular weight excluding hydrogens is 388 g/mol. The van der Waals surface area contributed by atoms with E-state index in [0.717, 1.165) is 42.1 Å². The van der Waals surface area contributed by atoms with Gasteiger partial charge in [-0.15, -0.1) is 0 Å². The summed E-state index contributed by atoms with van der Waals surface area (Å²) in [5, 5.41) is 2.15. The molecule has 0 aliphatic carbocycles. The van der Waals surface area contributed by atoms with Crippen molar-refractivity contribution in [2.45, 2.75) is 33.1 Å². The monoisotopic (exact) mass is 414 g/mol. The van der Waals surface area contributed by atoms with Crippen LogP contribution in [-0.2, 0) is 19.3 Å². The minimum Gasteiger partial charge on any atom is -0.361 e. The lowest BCUT2D eigenvalue weighted by Crippen LogP contribution is -1.99. The number of fused-ring (bicyclic) bond motifs is 1. The predicted octanol–water partition coefficient (Wildman–Crippen LogP) is 7.03. The van der Waals surface area contributed by atoms with Crippen molar-refractivity contribution in [2.24, 2.45) is 4.99 Å². The van der Waals surface area contributed by atoms with Crippen LogP contribution in [0.25, 0.3) is 10.9 Å². The number of aryl methyl sites for hydroxylation is 1. The number of aromatic nitrogens is 1. The highest BCUT2D eigenvalue weighted by molar-refractivity contribution is 6.31. The van der Waals surface area contributed by atoms with Gasteiger partial charge in [-0.05, 0) is 72.2 Å². The molecule has 0 aliphatic heterocycles. The van der Waals surface area contributed by atoms with E-state index >= 15 is 0 Å². The van der Waals surface area contributed by atoms with E-state index in [1.165, 1.54) is 33.2 Å². The molecule has 2 nitrogen and oxygen atoms in total. The Kier molecular flexibility index (Phi) is 6.35. The first kappa shape index (κ1) is 20.4. The predicted molar refractivity (Wildman–Crippen MR) is 129 cm³/mol. The quantitative estimate of drug-likeness (QED) is 0.314. The van der Waals surface area contributed by atoms with Crippen molar-refractivity contribution >= 4 is 28.2 Å². The Morgan fingerprint density at radius 2 is 1.70 bits per heavy atom. The lowest BCUT2D eigenvalue weighted by atomic mass is 10.0. The van der Waals surface area contributed by atoms with Crippen LogP contribution < -0.4 is 0 Å². The number of nitrogens with zero attached hydrogens (tertiary/aromatic N) is 1. The fourth-order valence-corrected chi connectivity index (χ4v) is 4.02. The molecule has 1 N–H and O–H groups in total. The van der Waals surface area contributed by atoms with Crippen LogP contribution in [0.1, 0.15) is 41.7 Å². The molecule has 0 unspecified atom stereocenters. The third-order valence-corrected chi connectivity index (χ3v) is 6.06. The maximum Gasteiger partial charge on any atom is 0.0456 e. The van der Waals surface area contributed by atoms with Gasteiger partial charge in [-0.25, -0.2) is 0 Å². The van der Waals surface area contributed by atoms with Gasteiger partial charge in [0.15, 0.2) is 0 Å². The Hall–Kier alpha value is -2.84. The van der Waals surface area contributed by atoms with Crippen molar-refractivity contribution in [3.63, 3.8) is 0 Å². The van der Waals surface area contributed by atoms with Crippen LogP contribution >= 0.6 is 11.6 Å². The Morgan fingerprint density at radius 3 is 2.47 bits per heavy atom. The molecule has 0 saturated carbocycles. The van der Waals surface area contributed by atoms with Gasteiger partial charge in [0, 0.05) is 34.4 Å². The minimum absolute atomic E-state index is 0.788. The van der Waals surface area contributed by atoms with Gasteiger partial charge < -0.3 is 4.98 Å².